The van der Waals surface area contributed by atoms with E-state index in [1.165, 1.54) is 0 Å². The molecule has 1 heterocycles. The molecule has 0 saturated carbocycles. The van der Waals surface area contributed by atoms with Crippen LogP contribution in [0.25, 0.3) is 16.6 Å². The fourth-order valence-electron chi connectivity index (χ4n) is 4.15. The van der Waals surface area contributed by atoms with E-state index in [1.54, 1.807) is 55.7 Å². The molecule has 0 bridgehead atoms. The molecule has 168 valence electrons. The van der Waals surface area contributed by atoms with Crippen LogP contribution in [0.2, 0.25) is 5.02 Å². The van der Waals surface area contributed by atoms with Crippen molar-refractivity contribution < 1.29 is 9.53 Å². The quantitative estimate of drug-likeness (QED) is 0.405. The second kappa shape index (κ2) is 9.08. The average molecular weight is 463 g/mol. The number of aromatic nitrogens is 2. The molecule has 0 aliphatic heterocycles. The lowest BCUT2D eigenvalue weighted by Crippen LogP contribution is -2.40. The standard InChI is InChI=1S/C26H23ClN2O4/c1-4-33-25(31)22-16(2)14-21-23(17(22)3)24(30)29(20-13-9-8-12-19(20)27)26(32)28(21)15-18-10-6-5-7-11-18/h5-14H,4,15H2,1-3H3. The lowest BCUT2D eigenvalue weighted by Gasteiger charge is -2.18. The van der Waals surface area contributed by atoms with Crippen molar-refractivity contribution in [2.24, 2.45) is 0 Å². The Labute approximate surface area is 195 Å². The second-order valence-electron chi connectivity index (χ2n) is 7.75. The maximum atomic E-state index is 13.7. The zero-order valence-corrected chi connectivity index (χ0v) is 19.3. The van der Waals surface area contributed by atoms with E-state index in [-0.39, 0.29) is 29.2 Å². The largest absolute Gasteiger partial charge is 0.462 e. The van der Waals surface area contributed by atoms with Gasteiger partial charge in [-0.2, -0.15) is 0 Å². The monoisotopic (exact) mass is 462 g/mol. The average Bonchev–Trinajstić information content (AvgIpc) is 2.78. The van der Waals surface area contributed by atoms with Gasteiger partial charge < -0.3 is 4.74 Å². The van der Waals surface area contributed by atoms with E-state index in [2.05, 4.69) is 0 Å². The first kappa shape index (κ1) is 22.6. The summed E-state index contributed by atoms with van der Waals surface area (Å²) in [5.74, 6) is -0.501. The summed E-state index contributed by atoms with van der Waals surface area (Å²) in [6.45, 7) is 5.67. The first-order valence-electron chi connectivity index (χ1n) is 10.6. The van der Waals surface area contributed by atoms with Gasteiger partial charge in [0.25, 0.3) is 5.56 Å². The third kappa shape index (κ3) is 3.98. The number of rotatable bonds is 5. The van der Waals surface area contributed by atoms with Crippen LogP contribution in [0.15, 0.2) is 70.3 Å². The molecule has 0 atom stereocenters. The number of carbonyl (C=O) groups excluding carboxylic acids is 1. The van der Waals surface area contributed by atoms with Gasteiger partial charge in [-0.1, -0.05) is 54.1 Å². The third-order valence-electron chi connectivity index (χ3n) is 5.64. The van der Waals surface area contributed by atoms with E-state index in [0.717, 1.165) is 10.1 Å². The van der Waals surface area contributed by atoms with E-state index in [9.17, 15) is 14.4 Å². The van der Waals surface area contributed by atoms with Gasteiger partial charge in [-0.15, -0.1) is 0 Å². The highest BCUT2D eigenvalue weighted by Crippen LogP contribution is 2.25. The van der Waals surface area contributed by atoms with Crippen LogP contribution < -0.4 is 11.2 Å². The van der Waals surface area contributed by atoms with Crippen molar-refractivity contribution in [2.75, 3.05) is 6.61 Å². The molecule has 4 aromatic rings. The number of halogens is 1. The Bertz CT molecular complexity index is 1490. The Morgan fingerprint density at radius 3 is 2.33 bits per heavy atom. The SMILES string of the molecule is CCOC(=O)c1c(C)cc2c(c1C)c(=O)n(-c1ccccc1Cl)c(=O)n2Cc1ccccc1. The summed E-state index contributed by atoms with van der Waals surface area (Å²) in [4.78, 5) is 40.1. The molecule has 0 aliphatic carbocycles. The Hall–Kier alpha value is -3.64. The fourth-order valence-corrected chi connectivity index (χ4v) is 4.37. The molecule has 4 rings (SSSR count). The number of ether oxygens (including phenoxy) is 1. The van der Waals surface area contributed by atoms with Crippen LogP contribution in [0, 0.1) is 13.8 Å². The summed E-state index contributed by atoms with van der Waals surface area (Å²) in [5.41, 5.74) is 2.04. The van der Waals surface area contributed by atoms with Crippen molar-refractivity contribution in [3.63, 3.8) is 0 Å². The van der Waals surface area contributed by atoms with E-state index >= 15 is 0 Å². The normalized spacial score (nSPS) is 11.0. The summed E-state index contributed by atoms with van der Waals surface area (Å²) < 4.78 is 7.84. The Morgan fingerprint density at radius 2 is 1.67 bits per heavy atom. The molecule has 0 saturated heterocycles. The summed E-state index contributed by atoms with van der Waals surface area (Å²) in [6, 6.07) is 17.9. The van der Waals surface area contributed by atoms with Crippen molar-refractivity contribution in [1.29, 1.82) is 0 Å². The van der Waals surface area contributed by atoms with E-state index < -0.39 is 17.2 Å². The molecular formula is C26H23ClN2O4. The lowest BCUT2D eigenvalue weighted by atomic mass is 9.98. The zero-order valence-electron chi connectivity index (χ0n) is 18.6. The van der Waals surface area contributed by atoms with Crippen molar-refractivity contribution in [2.45, 2.75) is 27.3 Å². The first-order valence-corrected chi connectivity index (χ1v) is 11.0. The molecule has 0 amide bonds. The molecule has 0 spiro atoms. The van der Waals surface area contributed by atoms with Gasteiger partial charge in [0.05, 0.1) is 40.3 Å². The predicted molar refractivity (Wildman–Crippen MR) is 130 cm³/mol. The summed E-state index contributed by atoms with van der Waals surface area (Å²) >= 11 is 6.37. The van der Waals surface area contributed by atoms with Gasteiger partial charge in [-0.25, -0.2) is 14.2 Å². The van der Waals surface area contributed by atoms with E-state index in [0.29, 0.717) is 22.2 Å². The fraction of sp³-hybridized carbons (Fsp3) is 0.192. The third-order valence-corrected chi connectivity index (χ3v) is 5.96. The van der Waals surface area contributed by atoms with Gasteiger partial charge in [-0.3, -0.25) is 9.36 Å². The van der Waals surface area contributed by atoms with Crippen LogP contribution in [0.1, 0.15) is 34.0 Å². The Kier molecular flexibility index (Phi) is 6.20. The number of nitrogens with zero attached hydrogens (tertiary/aromatic N) is 2. The molecule has 1 aromatic heterocycles. The van der Waals surface area contributed by atoms with Gasteiger partial charge in [0.15, 0.2) is 0 Å². The number of fused-ring (bicyclic) bond motifs is 1. The molecule has 0 fully saturated rings. The number of esters is 1. The first-order chi connectivity index (χ1) is 15.8. The summed E-state index contributed by atoms with van der Waals surface area (Å²) in [5, 5.41) is 0.553. The number of benzene rings is 3. The van der Waals surface area contributed by atoms with Crippen LogP contribution in [0.3, 0.4) is 0 Å². The minimum absolute atomic E-state index is 0.215. The van der Waals surface area contributed by atoms with Crippen molar-refractivity contribution >= 4 is 28.5 Å². The number of aryl methyl sites for hydroxylation is 2. The molecule has 0 aliphatic rings. The maximum absolute atomic E-state index is 13.7. The van der Waals surface area contributed by atoms with Crippen LogP contribution in [-0.4, -0.2) is 21.7 Å². The van der Waals surface area contributed by atoms with E-state index in [4.69, 9.17) is 16.3 Å². The maximum Gasteiger partial charge on any atom is 0.338 e. The highest BCUT2D eigenvalue weighted by Gasteiger charge is 2.23. The van der Waals surface area contributed by atoms with Crippen molar-refractivity contribution in [3.05, 3.63) is 109 Å². The molecule has 0 radical (unpaired) electrons. The topological polar surface area (TPSA) is 70.3 Å². The molecule has 33 heavy (non-hydrogen) atoms. The van der Waals surface area contributed by atoms with Crippen LogP contribution >= 0.6 is 11.6 Å². The Morgan fingerprint density at radius 1 is 1.00 bits per heavy atom. The van der Waals surface area contributed by atoms with Gasteiger partial charge in [0, 0.05) is 0 Å². The van der Waals surface area contributed by atoms with Gasteiger partial charge in [0.1, 0.15) is 0 Å². The zero-order chi connectivity index (χ0) is 23.7. The smallest absolute Gasteiger partial charge is 0.338 e. The highest BCUT2D eigenvalue weighted by atomic mass is 35.5. The van der Waals surface area contributed by atoms with Crippen LogP contribution in [0.4, 0.5) is 0 Å². The molecular weight excluding hydrogens is 440 g/mol. The van der Waals surface area contributed by atoms with E-state index in [1.807, 2.05) is 30.3 Å². The Balaban J connectivity index is 2.15. The minimum Gasteiger partial charge on any atom is -0.462 e. The van der Waals surface area contributed by atoms with Crippen molar-refractivity contribution in [3.8, 4) is 5.69 Å². The number of hydrogen-bond donors (Lipinski definition) is 0. The van der Waals surface area contributed by atoms with Gasteiger partial charge >= 0.3 is 11.7 Å². The molecule has 7 heteroatoms. The summed E-state index contributed by atoms with van der Waals surface area (Å²) in [6.07, 6.45) is 0. The number of para-hydroxylation sites is 1. The highest BCUT2D eigenvalue weighted by molar-refractivity contribution is 6.32. The summed E-state index contributed by atoms with van der Waals surface area (Å²) in [7, 11) is 0. The van der Waals surface area contributed by atoms with Crippen LogP contribution in [-0.2, 0) is 11.3 Å². The lowest BCUT2D eigenvalue weighted by molar-refractivity contribution is 0.0525. The van der Waals surface area contributed by atoms with Gasteiger partial charge in [0.2, 0.25) is 0 Å². The molecule has 3 aromatic carbocycles. The predicted octanol–water partition coefficient (Wildman–Crippen LogP) is 4.65. The van der Waals surface area contributed by atoms with Crippen molar-refractivity contribution in [1.82, 2.24) is 9.13 Å². The molecule has 0 N–H and O–H groups in total. The number of hydrogen-bond acceptors (Lipinski definition) is 4. The van der Waals surface area contributed by atoms with Gasteiger partial charge in [-0.05, 0) is 55.7 Å². The second-order valence-corrected chi connectivity index (χ2v) is 8.16. The molecule has 6 nitrogen and oxygen atoms in total. The van der Waals surface area contributed by atoms with Crippen LogP contribution in [0.5, 0.6) is 0 Å². The minimum atomic E-state index is -0.532. The number of carbonyl (C=O) groups is 1. The molecule has 0 unspecified atom stereocenters.